The summed E-state index contributed by atoms with van der Waals surface area (Å²) in [5.41, 5.74) is 2.64. The van der Waals surface area contributed by atoms with Crippen LogP contribution in [0.3, 0.4) is 0 Å². The third-order valence-electron chi connectivity index (χ3n) is 3.41. The Kier molecular flexibility index (Phi) is 4.98. The van der Waals surface area contributed by atoms with Crippen LogP contribution in [0.2, 0.25) is 0 Å². The van der Waals surface area contributed by atoms with Crippen molar-refractivity contribution in [3.05, 3.63) is 47.3 Å². The number of nitrogens with one attached hydrogen (secondary N) is 1. The highest BCUT2D eigenvalue weighted by molar-refractivity contribution is 5.92. The molecule has 0 aliphatic carbocycles. The van der Waals surface area contributed by atoms with Crippen molar-refractivity contribution in [2.75, 3.05) is 13.7 Å². The Labute approximate surface area is 124 Å². The van der Waals surface area contributed by atoms with Crippen molar-refractivity contribution in [3.63, 3.8) is 0 Å². The van der Waals surface area contributed by atoms with Crippen molar-refractivity contribution in [1.29, 1.82) is 0 Å². The summed E-state index contributed by atoms with van der Waals surface area (Å²) in [6.07, 6.45) is 1.78. The Bertz CT molecular complexity index is 600. The Morgan fingerprint density at radius 1 is 1.38 bits per heavy atom. The summed E-state index contributed by atoms with van der Waals surface area (Å²) in [5, 5.41) is 7.05. The normalized spacial score (nSPS) is 10.4. The minimum Gasteiger partial charge on any atom is -0.497 e. The molecule has 5 nitrogen and oxygen atoms in total. The van der Waals surface area contributed by atoms with Gasteiger partial charge in [0.2, 0.25) is 0 Å². The number of aryl methyl sites for hydroxylation is 3. The van der Waals surface area contributed by atoms with Crippen LogP contribution in [0.4, 0.5) is 0 Å². The summed E-state index contributed by atoms with van der Waals surface area (Å²) in [6, 6.07) is 9.77. The summed E-state index contributed by atoms with van der Waals surface area (Å²) < 4.78 is 6.89. The van der Waals surface area contributed by atoms with Crippen molar-refractivity contribution in [3.8, 4) is 5.75 Å². The summed E-state index contributed by atoms with van der Waals surface area (Å²) >= 11 is 0. The van der Waals surface area contributed by atoms with Gasteiger partial charge in [-0.05, 0) is 43.5 Å². The first-order valence-electron chi connectivity index (χ1n) is 7.02. The van der Waals surface area contributed by atoms with Crippen LogP contribution in [0.15, 0.2) is 30.3 Å². The van der Waals surface area contributed by atoms with Crippen LogP contribution >= 0.6 is 0 Å². The van der Waals surface area contributed by atoms with Gasteiger partial charge in [-0.15, -0.1) is 0 Å². The van der Waals surface area contributed by atoms with E-state index >= 15 is 0 Å². The Balaban J connectivity index is 1.77. The van der Waals surface area contributed by atoms with Crippen LogP contribution < -0.4 is 10.1 Å². The lowest BCUT2D eigenvalue weighted by molar-refractivity contribution is 0.0947. The summed E-state index contributed by atoms with van der Waals surface area (Å²) in [4.78, 5) is 11.9. The second kappa shape index (κ2) is 6.92. The molecule has 0 radical (unpaired) electrons. The summed E-state index contributed by atoms with van der Waals surface area (Å²) in [7, 11) is 3.49. The largest absolute Gasteiger partial charge is 0.497 e. The molecule has 0 fully saturated rings. The lowest BCUT2D eigenvalue weighted by Gasteiger charge is -2.05. The average Bonchev–Trinajstić information content (AvgIpc) is 2.83. The number of carbonyl (C=O) groups excluding carboxylic acids is 1. The smallest absolute Gasteiger partial charge is 0.271 e. The van der Waals surface area contributed by atoms with E-state index in [9.17, 15) is 4.79 Å². The second-order valence-corrected chi connectivity index (χ2v) is 5.01. The first-order chi connectivity index (χ1) is 10.1. The molecule has 21 heavy (non-hydrogen) atoms. The molecule has 0 saturated carbocycles. The van der Waals surface area contributed by atoms with Crippen LogP contribution in [0.25, 0.3) is 0 Å². The lowest BCUT2D eigenvalue weighted by Crippen LogP contribution is -2.25. The number of hydrogen-bond acceptors (Lipinski definition) is 3. The topological polar surface area (TPSA) is 56.1 Å². The maximum absolute atomic E-state index is 11.9. The highest BCUT2D eigenvalue weighted by Gasteiger charge is 2.09. The molecule has 112 valence electrons. The van der Waals surface area contributed by atoms with E-state index in [-0.39, 0.29) is 5.91 Å². The predicted molar refractivity (Wildman–Crippen MR) is 81.6 cm³/mol. The van der Waals surface area contributed by atoms with Gasteiger partial charge in [0.1, 0.15) is 11.4 Å². The van der Waals surface area contributed by atoms with Gasteiger partial charge in [0.05, 0.1) is 7.11 Å². The molecule has 0 unspecified atom stereocenters. The first-order valence-corrected chi connectivity index (χ1v) is 7.02. The summed E-state index contributed by atoms with van der Waals surface area (Å²) in [6.45, 7) is 2.55. The molecular formula is C16H21N3O2. The maximum atomic E-state index is 11.9. The van der Waals surface area contributed by atoms with Gasteiger partial charge in [-0.1, -0.05) is 12.1 Å². The third-order valence-corrected chi connectivity index (χ3v) is 3.41. The third kappa shape index (κ3) is 4.08. The van der Waals surface area contributed by atoms with E-state index in [1.807, 2.05) is 32.2 Å². The van der Waals surface area contributed by atoms with E-state index < -0.39 is 0 Å². The van der Waals surface area contributed by atoms with E-state index in [0.717, 1.165) is 24.3 Å². The predicted octanol–water partition coefficient (Wildman–Crippen LogP) is 2.10. The zero-order chi connectivity index (χ0) is 15.2. The van der Waals surface area contributed by atoms with Crippen molar-refractivity contribution in [2.24, 2.45) is 7.05 Å². The van der Waals surface area contributed by atoms with Gasteiger partial charge in [0.25, 0.3) is 5.91 Å². The Morgan fingerprint density at radius 3 is 2.86 bits per heavy atom. The van der Waals surface area contributed by atoms with Gasteiger partial charge in [0, 0.05) is 19.3 Å². The first kappa shape index (κ1) is 15.1. The van der Waals surface area contributed by atoms with Gasteiger partial charge in [0.15, 0.2) is 0 Å². The van der Waals surface area contributed by atoms with Gasteiger partial charge < -0.3 is 10.1 Å². The molecule has 0 bridgehead atoms. The van der Waals surface area contributed by atoms with E-state index in [1.54, 1.807) is 17.9 Å². The molecule has 0 spiro atoms. The van der Waals surface area contributed by atoms with Crippen molar-refractivity contribution in [1.82, 2.24) is 15.1 Å². The molecule has 2 aromatic rings. The number of hydrogen-bond donors (Lipinski definition) is 1. The molecule has 2 rings (SSSR count). The Hall–Kier alpha value is -2.30. The van der Waals surface area contributed by atoms with Crippen LogP contribution in [0.5, 0.6) is 5.75 Å². The monoisotopic (exact) mass is 287 g/mol. The van der Waals surface area contributed by atoms with E-state index in [2.05, 4.69) is 16.5 Å². The molecular weight excluding hydrogens is 266 g/mol. The van der Waals surface area contributed by atoms with E-state index in [4.69, 9.17) is 4.74 Å². The molecule has 0 atom stereocenters. The highest BCUT2D eigenvalue weighted by atomic mass is 16.5. The summed E-state index contributed by atoms with van der Waals surface area (Å²) in [5.74, 6) is 0.741. The number of nitrogens with zero attached hydrogens (tertiary/aromatic N) is 2. The number of carbonyl (C=O) groups is 1. The van der Waals surface area contributed by atoms with Crippen molar-refractivity contribution in [2.45, 2.75) is 19.8 Å². The maximum Gasteiger partial charge on any atom is 0.271 e. The quantitative estimate of drug-likeness (QED) is 0.828. The lowest BCUT2D eigenvalue weighted by atomic mass is 10.1. The zero-order valence-corrected chi connectivity index (χ0v) is 12.7. The van der Waals surface area contributed by atoms with Crippen LogP contribution in [0, 0.1) is 6.92 Å². The molecule has 0 aliphatic heterocycles. The highest BCUT2D eigenvalue weighted by Crippen LogP contribution is 2.13. The van der Waals surface area contributed by atoms with Crippen molar-refractivity contribution < 1.29 is 9.53 Å². The molecule has 1 amide bonds. The van der Waals surface area contributed by atoms with Gasteiger partial charge in [-0.3, -0.25) is 9.48 Å². The van der Waals surface area contributed by atoms with Gasteiger partial charge >= 0.3 is 0 Å². The number of methoxy groups -OCH3 is 1. The number of benzene rings is 1. The zero-order valence-electron chi connectivity index (χ0n) is 12.7. The van der Waals surface area contributed by atoms with Crippen LogP contribution in [-0.4, -0.2) is 29.3 Å². The second-order valence-electron chi connectivity index (χ2n) is 5.01. The fourth-order valence-electron chi connectivity index (χ4n) is 2.08. The minimum atomic E-state index is -0.121. The van der Waals surface area contributed by atoms with Gasteiger partial charge in [-0.2, -0.15) is 5.10 Å². The molecule has 5 heteroatoms. The Morgan fingerprint density at radius 2 is 2.19 bits per heavy atom. The van der Waals surface area contributed by atoms with E-state index in [1.165, 1.54) is 5.56 Å². The molecule has 0 aliphatic rings. The number of ether oxygens (including phenoxy) is 1. The van der Waals surface area contributed by atoms with Crippen molar-refractivity contribution >= 4 is 5.91 Å². The molecule has 1 N–H and O–H groups in total. The molecule has 1 aromatic heterocycles. The number of rotatable bonds is 6. The fourth-order valence-corrected chi connectivity index (χ4v) is 2.08. The van der Waals surface area contributed by atoms with E-state index in [0.29, 0.717) is 12.2 Å². The SMILES string of the molecule is COc1cccc(CCCNC(=O)c2cc(C)n(C)n2)c1. The standard InChI is InChI=1S/C16H21N3O2/c1-12-10-15(18-19(12)2)16(20)17-9-5-7-13-6-4-8-14(11-13)21-3/h4,6,8,10-11H,5,7,9H2,1-3H3,(H,17,20). The molecule has 0 saturated heterocycles. The minimum absolute atomic E-state index is 0.121. The molecule has 1 aromatic carbocycles. The number of amides is 1. The fraction of sp³-hybridized carbons (Fsp3) is 0.375. The average molecular weight is 287 g/mol. The van der Waals surface area contributed by atoms with Gasteiger partial charge in [-0.25, -0.2) is 0 Å². The molecule has 1 heterocycles. The van der Waals surface area contributed by atoms with Crippen LogP contribution in [-0.2, 0) is 13.5 Å². The number of aromatic nitrogens is 2. The van der Waals surface area contributed by atoms with Crippen LogP contribution in [0.1, 0.15) is 28.2 Å².